The van der Waals surface area contributed by atoms with Crippen LogP contribution in [0.1, 0.15) is 26.2 Å². The van der Waals surface area contributed by atoms with Crippen molar-refractivity contribution in [1.82, 2.24) is 9.97 Å². The lowest BCUT2D eigenvalue weighted by molar-refractivity contribution is -0.137. The molecule has 0 amide bonds. The molecule has 5 nitrogen and oxygen atoms in total. The molecule has 0 aromatic carbocycles. The second-order valence-corrected chi connectivity index (χ2v) is 3.84. The summed E-state index contributed by atoms with van der Waals surface area (Å²) in [6, 6.07) is 0. The van der Waals surface area contributed by atoms with E-state index in [1.54, 1.807) is 18.6 Å². The Morgan fingerprint density at radius 2 is 2.31 bits per heavy atom. The highest BCUT2D eigenvalue weighted by atomic mass is 16.4. The molecular formula is C11H17N3O2. The Kier molecular flexibility index (Phi) is 5.25. The Morgan fingerprint density at radius 3 is 2.94 bits per heavy atom. The predicted octanol–water partition coefficient (Wildman–Crippen LogP) is 1.78. The number of carbonyl (C=O) groups is 1. The van der Waals surface area contributed by atoms with E-state index in [9.17, 15) is 4.79 Å². The van der Waals surface area contributed by atoms with Crippen LogP contribution in [0.15, 0.2) is 18.6 Å². The number of hydrogen-bond donors (Lipinski definition) is 2. The van der Waals surface area contributed by atoms with E-state index in [-0.39, 0.29) is 6.42 Å². The number of nitrogens with one attached hydrogen (secondary N) is 1. The van der Waals surface area contributed by atoms with Crippen molar-refractivity contribution in [3.8, 4) is 0 Å². The maximum Gasteiger partial charge on any atom is 0.303 e. The second kappa shape index (κ2) is 6.76. The van der Waals surface area contributed by atoms with Gasteiger partial charge in [0.15, 0.2) is 0 Å². The van der Waals surface area contributed by atoms with Crippen LogP contribution in [0.5, 0.6) is 0 Å². The van der Waals surface area contributed by atoms with Gasteiger partial charge in [-0.2, -0.15) is 0 Å². The molecule has 1 aromatic heterocycles. The third-order valence-corrected chi connectivity index (χ3v) is 2.36. The molecule has 1 aromatic rings. The van der Waals surface area contributed by atoms with Crippen molar-refractivity contribution in [1.29, 1.82) is 0 Å². The van der Waals surface area contributed by atoms with Crippen LogP contribution in [-0.2, 0) is 4.79 Å². The third kappa shape index (κ3) is 5.29. The zero-order valence-corrected chi connectivity index (χ0v) is 9.39. The monoisotopic (exact) mass is 223 g/mol. The lowest BCUT2D eigenvalue weighted by atomic mass is 10.0. The van der Waals surface area contributed by atoms with Crippen LogP contribution < -0.4 is 5.32 Å². The van der Waals surface area contributed by atoms with Crippen LogP contribution in [0.2, 0.25) is 0 Å². The highest BCUT2D eigenvalue weighted by molar-refractivity contribution is 5.66. The highest BCUT2D eigenvalue weighted by Crippen LogP contribution is 2.10. The number of anilines is 1. The van der Waals surface area contributed by atoms with Crippen molar-refractivity contribution in [2.24, 2.45) is 5.92 Å². The van der Waals surface area contributed by atoms with Crippen molar-refractivity contribution in [3.63, 3.8) is 0 Å². The molecule has 5 heteroatoms. The highest BCUT2D eigenvalue weighted by Gasteiger charge is 2.05. The molecular weight excluding hydrogens is 206 g/mol. The molecule has 0 bridgehead atoms. The maximum absolute atomic E-state index is 10.4. The van der Waals surface area contributed by atoms with Gasteiger partial charge in [-0.05, 0) is 18.8 Å². The summed E-state index contributed by atoms with van der Waals surface area (Å²) in [4.78, 5) is 18.4. The van der Waals surface area contributed by atoms with E-state index in [0.29, 0.717) is 5.92 Å². The van der Waals surface area contributed by atoms with Crippen LogP contribution in [-0.4, -0.2) is 27.6 Å². The van der Waals surface area contributed by atoms with Crippen molar-refractivity contribution >= 4 is 11.8 Å². The molecule has 0 aliphatic carbocycles. The molecule has 1 atom stereocenters. The molecule has 0 aliphatic rings. The quantitative estimate of drug-likeness (QED) is 0.737. The van der Waals surface area contributed by atoms with Gasteiger partial charge in [0.2, 0.25) is 0 Å². The minimum Gasteiger partial charge on any atom is -0.481 e. The molecule has 0 radical (unpaired) electrons. The summed E-state index contributed by atoms with van der Waals surface area (Å²) >= 11 is 0. The van der Waals surface area contributed by atoms with Gasteiger partial charge < -0.3 is 10.4 Å². The molecule has 1 unspecified atom stereocenters. The Morgan fingerprint density at radius 1 is 1.50 bits per heavy atom. The summed E-state index contributed by atoms with van der Waals surface area (Å²) in [5.74, 6) is 0.432. The number of hydrogen-bond acceptors (Lipinski definition) is 4. The number of nitrogens with zero attached hydrogens (tertiary/aromatic N) is 2. The first-order chi connectivity index (χ1) is 7.68. The number of rotatable bonds is 7. The van der Waals surface area contributed by atoms with Gasteiger partial charge in [-0.1, -0.05) is 6.92 Å². The fourth-order valence-corrected chi connectivity index (χ4v) is 1.35. The van der Waals surface area contributed by atoms with E-state index in [1.165, 1.54) is 0 Å². The van der Waals surface area contributed by atoms with Gasteiger partial charge in [0.1, 0.15) is 5.82 Å². The van der Waals surface area contributed by atoms with Gasteiger partial charge in [0.05, 0.1) is 6.20 Å². The van der Waals surface area contributed by atoms with Crippen LogP contribution in [0.25, 0.3) is 0 Å². The molecule has 16 heavy (non-hydrogen) atoms. The van der Waals surface area contributed by atoms with E-state index >= 15 is 0 Å². The summed E-state index contributed by atoms with van der Waals surface area (Å²) in [5.41, 5.74) is 0. The van der Waals surface area contributed by atoms with Crippen molar-refractivity contribution < 1.29 is 9.90 Å². The lowest BCUT2D eigenvalue weighted by Crippen LogP contribution is -2.09. The molecule has 0 saturated carbocycles. The minimum atomic E-state index is -0.728. The lowest BCUT2D eigenvalue weighted by Gasteiger charge is -2.10. The standard InChI is InChI=1S/C11H17N3O2/c1-9(2-3-11(15)16)4-5-13-10-8-12-6-7-14-10/h6-9H,2-5H2,1H3,(H,13,14)(H,15,16). The maximum atomic E-state index is 10.4. The average molecular weight is 223 g/mol. The van der Waals surface area contributed by atoms with Crippen LogP contribution >= 0.6 is 0 Å². The van der Waals surface area contributed by atoms with Crippen LogP contribution in [0, 0.1) is 5.92 Å². The fraction of sp³-hybridized carbons (Fsp3) is 0.545. The van der Waals surface area contributed by atoms with Gasteiger partial charge in [0.25, 0.3) is 0 Å². The molecule has 1 heterocycles. The van der Waals surface area contributed by atoms with Gasteiger partial charge in [-0.25, -0.2) is 4.98 Å². The Bertz CT molecular complexity index is 316. The van der Waals surface area contributed by atoms with Crippen molar-refractivity contribution in [3.05, 3.63) is 18.6 Å². The first-order valence-corrected chi connectivity index (χ1v) is 5.40. The van der Waals surface area contributed by atoms with Gasteiger partial charge in [-0.3, -0.25) is 9.78 Å². The Hall–Kier alpha value is -1.65. The minimum absolute atomic E-state index is 0.242. The number of aliphatic carboxylic acids is 1. The summed E-state index contributed by atoms with van der Waals surface area (Å²) < 4.78 is 0. The third-order valence-electron chi connectivity index (χ3n) is 2.36. The Balaban J connectivity index is 2.13. The zero-order valence-electron chi connectivity index (χ0n) is 9.39. The van der Waals surface area contributed by atoms with E-state index in [2.05, 4.69) is 22.2 Å². The van der Waals surface area contributed by atoms with Crippen LogP contribution in [0.3, 0.4) is 0 Å². The summed E-state index contributed by atoms with van der Waals surface area (Å²) in [6.45, 7) is 2.85. The van der Waals surface area contributed by atoms with E-state index in [1.807, 2.05) is 0 Å². The molecule has 0 spiro atoms. The van der Waals surface area contributed by atoms with Gasteiger partial charge >= 0.3 is 5.97 Å². The second-order valence-electron chi connectivity index (χ2n) is 3.84. The summed E-state index contributed by atoms with van der Waals surface area (Å²) in [5, 5.41) is 11.7. The molecule has 2 N–H and O–H groups in total. The van der Waals surface area contributed by atoms with Crippen molar-refractivity contribution in [2.75, 3.05) is 11.9 Å². The molecule has 0 fully saturated rings. The molecule has 1 rings (SSSR count). The van der Waals surface area contributed by atoms with E-state index < -0.39 is 5.97 Å². The number of carboxylic acids is 1. The van der Waals surface area contributed by atoms with Gasteiger partial charge in [-0.15, -0.1) is 0 Å². The normalized spacial score (nSPS) is 12.1. The first-order valence-electron chi connectivity index (χ1n) is 5.40. The smallest absolute Gasteiger partial charge is 0.303 e. The fourth-order valence-electron chi connectivity index (χ4n) is 1.35. The molecule has 0 saturated heterocycles. The SMILES string of the molecule is CC(CCNc1cnccn1)CCC(=O)O. The topological polar surface area (TPSA) is 75.1 Å². The number of carboxylic acid groups (broad SMARTS) is 1. The zero-order chi connectivity index (χ0) is 11.8. The van der Waals surface area contributed by atoms with Crippen molar-refractivity contribution in [2.45, 2.75) is 26.2 Å². The number of aromatic nitrogens is 2. The first kappa shape index (κ1) is 12.4. The van der Waals surface area contributed by atoms with Crippen LogP contribution in [0.4, 0.5) is 5.82 Å². The Labute approximate surface area is 94.9 Å². The molecule has 88 valence electrons. The summed E-state index contributed by atoms with van der Waals surface area (Å²) in [7, 11) is 0. The van der Waals surface area contributed by atoms with Gasteiger partial charge in [0, 0.05) is 25.4 Å². The van der Waals surface area contributed by atoms with E-state index in [0.717, 1.165) is 25.2 Å². The molecule has 0 aliphatic heterocycles. The summed E-state index contributed by atoms with van der Waals surface area (Å²) in [6.07, 6.45) is 6.83. The average Bonchev–Trinajstić information content (AvgIpc) is 2.28. The predicted molar refractivity (Wildman–Crippen MR) is 61.2 cm³/mol. The largest absolute Gasteiger partial charge is 0.481 e. The van der Waals surface area contributed by atoms with E-state index in [4.69, 9.17) is 5.11 Å².